The average molecular weight is 461 g/mol. The number of hydrogen-bond donors (Lipinski definition) is 1. The molecule has 0 unspecified atom stereocenters. The molecule has 0 radical (unpaired) electrons. The Hall–Kier alpha value is -3.88. The Balaban J connectivity index is 1.51. The van der Waals surface area contributed by atoms with Crippen LogP contribution < -0.4 is 5.73 Å². The van der Waals surface area contributed by atoms with E-state index in [1.165, 1.54) is 13.0 Å². The van der Waals surface area contributed by atoms with Gasteiger partial charge in [0.1, 0.15) is 5.82 Å². The van der Waals surface area contributed by atoms with Crippen LogP contribution in [0.2, 0.25) is 0 Å². The van der Waals surface area contributed by atoms with Crippen LogP contribution in [0.15, 0.2) is 47.9 Å². The van der Waals surface area contributed by atoms with E-state index in [0.29, 0.717) is 25.9 Å². The van der Waals surface area contributed by atoms with Crippen LogP contribution in [0.5, 0.6) is 0 Å². The van der Waals surface area contributed by atoms with Crippen LogP contribution in [0.3, 0.4) is 0 Å². The molecule has 2 aliphatic rings. The Kier molecular flexibility index (Phi) is 5.69. The lowest BCUT2D eigenvalue weighted by atomic mass is 9.78. The minimum atomic E-state index is -0.307. The van der Waals surface area contributed by atoms with E-state index in [9.17, 15) is 9.18 Å². The summed E-state index contributed by atoms with van der Waals surface area (Å²) in [6.45, 7) is 4.45. The lowest BCUT2D eigenvalue weighted by Crippen LogP contribution is -2.53. The smallest absolute Gasteiger partial charge is 0.220 e. The van der Waals surface area contributed by atoms with Crippen molar-refractivity contribution in [1.29, 1.82) is 0 Å². The number of carbonyl (C=O) groups is 1. The van der Waals surface area contributed by atoms with Gasteiger partial charge >= 0.3 is 0 Å². The first-order chi connectivity index (χ1) is 16.4. The molecule has 1 aliphatic carbocycles. The van der Waals surface area contributed by atoms with Crippen molar-refractivity contribution >= 4 is 17.6 Å². The fourth-order valence-electron chi connectivity index (χ4n) is 4.68. The number of hydrogen-bond acceptors (Lipinski definition) is 7. The standard InChI is InChI=1S/C25H25FN6O2/c1-14-24-22(30-25(27)29-14)8-17(9-23(24)31-34-19-12-32(13-19)15(2)33)20-6-5-18(26)10-21(20)16-4-3-7-28-11-16/h3-7,10-11,17,19H,8-9,12-13H2,1-2H3,(H2,27,29,30)/b31-23+/t17-/m0/s1. The fourth-order valence-corrected chi connectivity index (χ4v) is 4.68. The zero-order valence-corrected chi connectivity index (χ0v) is 19.0. The number of rotatable bonds is 4. The van der Waals surface area contributed by atoms with Crippen LogP contribution in [0.1, 0.15) is 41.8 Å². The number of nitrogen functional groups attached to an aromatic ring is 1. The Morgan fingerprint density at radius 1 is 1.24 bits per heavy atom. The summed E-state index contributed by atoms with van der Waals surface area (Å²) in [5.41, 5.74) is 11.7. The third kappa shape index (κ3) is 4.21. The predicted molar refractivity (Wildman–Crippen MR) is 126 cm³/mol. The Bertz CT molecular complexity index is 1270. The van der Waals surface area contributed by atoms with Crippen molar-refractivity contribution in [2.75, 3.05) is 18.8 Å². The van der Waals surface area contributed by atoms with E-state index in [0.717, 1.165) is 39.4 Å². The van der Waals surface area contributed by atoms with E-state index in [1.807, 2.05) is 25.1 Å². The number of carbonyl (C=O) groups excluding carboxylic acids is 1. The molecule has 1 aromatic carbocycles. The topological polar surface area (TPSA) is 107 Å². The molecule has 2 N–H and O–H groups in total. The van der Waals surface area contributed by atoms with E-state index < -0.39 is 0 Å². The van der Waals surface area contributed by atoms with Crippen molar-refractivity contribution in [2.24, 2.45) is 5.16 Å². The highest BCUT2D eigenvalue weighted by molar-refractivity contribution is 6.03. The van der Waals surface area contributed by atoms with Gasteiger partial charge in [-0.25, -0.2) is 14.4 Å². The number of nitrogens with two attached hydrogens (primary N) is 1. The van der Waals surface area contributed by atoms with Crippen LogP contribution >= 0.6 is 0 Å². The molecule has 1 atom stereocenters. The number of benzene rings is 1. The molecule has 0 saturated carbocycles. The average Bonchev–Trinajstić information content (AvgIpc) is 2.77. The Morgan fingerprint density at radius 2 is 2.06 bits per heavy atom. The summed E-state index contributed by atoms with van der Waals surface area (Å²) in [4.78, 5) is 32.0. The van der Waals surface area contributed by atoms with Gasteiger partial charge in [0.15, 0.2) is 6.10 Å². The van der Waals surface area contributed by atoms with Crippen LogP contribution in [0.4, 0.5) is 10.3 Å². The van der Waals surface area contributed by atoms with Gasteiger partial charge in [0.2, 0.25) is 11.9 Å². The van der Waals surface area contributed by atoms with Crippen LogP contribution in [-0.4, -0.2) is 50.7 Å². The SMILES string of the molecule is CC(=O)N1CC(O/N=C2\C[C@@H](c3ccc(F)cc3-c3cccnc3)Cc3nc(N)nc(C)c32)C1. The van der Waals surface area contributed by atoms with Gasteiger partial charge in [0.25, 0.3) is 0 Å². The molecule has 1 amide bonds. The van der Waals surface area contributed by atoms with Gasteiger partial charge in [0.05, 0.1) is 30.2 Å². The number of halogens is 1. The first-order valence-electron chi connectivity index (χ1n) is 11.2. The third-order valence-corrected chi connectivity index (χ3v) is 6.38. The number of amides is 1. The van der Waals surface area contributed by atoms with Gasteiger partial charge < -0.3 is 15.5 Å². The summed E-state index contributed by atoms with van der Waals surface area (Å²) >= 11 is 0. The summed E-state index contributed by atoms with van der Waals surface area (Å²) in [6.07, 6.45) is 4.46. The molecule has 174 valence electrons. The van der Waals surface area contributed by atoms with Crippen LogP contribution in [0.25, 0.3) is 11.1 Å². The van der Waals surface area contributed by atoms with E-state index in [2.05, 4.69) is 20.1 Å². The highest BCUT2D eigenvalue weighted by Crippen LogP contribution is 2.38. The summed E-state index contributed by atoms with van der Waals surface area (Å²) < 4.78 is 14.2. The molecule has 9 heteroatoms. The maximum atomic E-state index is 14.2. The summed E-state index contributed by atoms with van der Waals surface area (Å²) in [7, 11) is 0. The highest BCUT2D eigenvalue weighted by atomic mass is 19.1. The molecule has 0 bridgehead atoms. The molecule has 34 heavy (non-hydrogen) atoms. The molecule has 1 saturated heterocycles. The fraction of sp³-hybridized carbons (Fsp3) is 0.320. The molecule has 2 aromatic heterocycles. The van der Waals surface area contributed by atoms with Crippen molar-refractivity contribution in [1.82, 2.24) is 19.9 Å². The van der Waals surface area contributed by atoms with Crippen LogP contribution in [-0.2, 0) is 16.1 Å². The minimum absolute atomic E-state index is 0.0190. The molecule has 1 aliphatic heterocycles. The van der Waals surface area contributed by atoms with E-state index >= 15 is 0 Å². The van der Waals surface area contributed by atoms with Gasteiger partial charge in [0, 0.05) is 36.9 Å². The predicted octanol–water partition coefficient (Wildman–Crippen LogP) is 3.25. The lowest BCUT2D eigenvalue weighted by Gasteiger charge is -2.36. The zero-order valence-electron chi connectivity index (χ0n) is 19.0. The molecule has 1 fully saturated rings. The monoisotopic (exact) mass is 460 g/mol. The Labute approximate surface area is 196 Å². The molecular weight excluding hydrogens is 435 g/mol. The van der Waals surface area contributed by atoms with E-state index in [-0.39, 0.29) is 29.7 Å². The minimum Gasteiger partial charge on any atom is -0.388 e. The number of aromatic nitrogens is 3. The summed E-state index contributed by atoms with van der Waals surface area (Å²) in [5.74, 6) is -0.0951. The maximum Gasteiger partial charge on any atom is 0.220 e. The van der Waals surface area contributed by atoms with Gasteiger partial charge in [-0.1, -0.05) is 17.3 Å². The molecule has 0 spiro atoms. The molecular formula is C25H25FN6O2. The maximum absolute atomic E-state index is 14.2. The number of fused-ring (bicyclic) bond motifs is 1. The van der Waals surface area contributed by atoms with Gasteiger partial charge in [-0.15, -0.1) is 0 Å². The van der Waals surface area contributed by atoms with Gasteiger partial charge in [-0.2, -0.15) is 0 Å². The number of aryl methyl sites for hydroxylation is 1. The van der Waals surface area contributed by atoms with Gasteiger partial charge in [-0.05, 0) is 48.6 Å². The van der Waals surface area contributed by atoms with Crippen molar-refractivity contribution in [3.63, 3.8) is 0 Å². The lowest BCUT2D eigenvalue weighted by molar-refractivity contribution is -0.142. The largest absolute Gasteiger partial charge is 0.388 e. The normalized spacial score (nSPS) is 19.0. The third-order valence-electron chi connectivity index (χ3n) is 6.38. The van der Waals surface area contributed by atoms with Crippen molar-refractivity contribution in [3.8, 4) is 11.1 Å². The second-order valence-electron chi connectivity index (χ2n) is 8.76. The zero-order chi connectivity index (χ0) is 23.8. The quantitative estimate of drug-likeness (QED) is 0.599. The first kappa shape index (κ1) is 21.9. The van der Waals surface area contributed by atoms with Gasteiger partial charge in [-0.3, -0.25) is 9.78 Å². The number of oxime groups is 1. The second kappa shape index (κ2) is 8.81. The summed E-state index contributed by atoms with van der Waals surface area (Å²) in [6, 6.07) is 8.59. The van der Waals surface area contributed by atoms with E-state index in [4.69, 9.17) is 10.6 Å². The second-order valence-corrected chi connectivity index (χ2v) is 8.76. The van der Waals surface area contributed by atoms with Crippen molar-refractivity contribution < 1.29 is 14.0 Å². The van der Waals surface area contributed by atoms with Crippen molar-refractivity contribution in [2.45, 2.75) is 38.7 Å². The van der Waals surface area contributed by atoms with Crippen LogP contribution in [0, 0.1) is 12.7 Å². The van der Waals surface area contributed by atoms with E-state index in [1.54, 1.807) is 23.4 Å². The highest BCUT2D eigenvalue weighted by Gasteiger charge is 2.33. The number of likely N-dealkylation sites (tertiary alicyclic amines) is 1. The molecule has 5 rings (SSSR count). The van der Waals surface area contributed by atoms with Crippen molar-refractivity contribution in [3.05, 3.63) is 71.1 Å². The Morgan fingerprint density at radius 3 is 2.79 bits per heavy atom. The number of pyridine rings is 1. The molecule has 3 aromatic rings. The first-order valence-corrected chi connectivity index (χ1v) is 11.2. The molecule has 3 heterocycles. The number of anilines is 1. The number of nitrogens with zero attached hydrogens (tertiary/aromatic N) is 5. The summed E-state index contributed by atoms with van der Waals surface area (Å²) in [5, 5.41) is 4.50. The molecule has 8 nitrogen and oxygen atoms in total.